The number of aliphatic hydroxyl groups excluding tert-OH is 1. The Kier molecular flexibility index (Phi) is 6.89. The fourth-order valence-electron chi connectivity index (χ4n) is 1.94. The van der Waals surface area contributed by atoms with Gasteiger partial charge in [0.15, 0.2) is 0 Å². The molecule has 19 heavy (non-hydrogen) atoms. The van der Waals surface area contributed by atoms with Crippen LogP contribution in [0.2, 0.25) is 0 Å². The van der Waals surface area contributed by atoms with Crippen LogP contribution in [0.1, 0.15) is 32.3 Å². The van der Waals surface area contributed by atoms with Gasteiger partial charge in [-0.15, -0.1) is 0 Å². The molecule has 1 rings (SSSR count). The van der Waals surface area contributed by atoms with Crippen molar-refractivity contribution < 1.29 is 9.90 Å². The van der Waals surface area contributed by atoms with E-state index in [4.69, 9.17) is 0 Å². The van der Waals surface area contributed by atoms with Gasteiger partial charge in [0.05, 0.1) is 6.10 Å². The summed E-state index contributed by atoms with van der Waals surface area (Å²) in [5.41, 5.74) is 0.991. The number of hydrogen-bond donors (Lipinski definition) is 3. The van der Waals surface area contributed by atoms with Crippen molar-refractivity contribution in [3.8, 4) is 0 Å². The Balaban J connectivity index is 2.24. The van der Waals surface area contributed by atoms with Crippen LogP contribution in [0.3, 0.4) is 0 Å². The summed E-state index contributed by atoms with van der Waals surface area (Å²) in [5, 5.41) is 15.3. The van der Waals surface area contributed by atoms with Crippen LogP contribution in [0.4, 0.5) is 4.79 Å². The summed E-state index contributed by atoms with van der Waals surface area (Å²) in [6.07, 6.45) is 4.72. The minimum atomic E-state index is -0.485. The third-order valence-electron chi connectivity index (χ3n) is 3.27. The zero-order valence-corrected chi connectivity index (χ0v) is 11.6. The molecule has 1 aromatic rings. The molecule has 0 saturated heterocycles. The topological polar surface area (TPSA) is 74.2 Å². The van der Waals surface area contributed by atoms with Crippen molar-refractivity contribution in [2.75, 3.05) is 6.54 Å². The van der Waals surface area contributed by atoms with Gasteiger partial charge in [-0.2, -0.15) is 0 Å². The molecule has 5 heteroatoms. The average Bonchev–Trinajstić information content (AvgIpc) is 2.45. The third kappa shape index (κ3) is 5.70. The molecule has 1 aromatic heterocycles. The highest BCUT2D eigenvalue weighted by Gasteiger charge is 2.15. The van der Waals surface area contributed by atoms with Crippen molar-refractivity contribution in [2.45, 2.75) is 39.3 Å². The number of aliphatic hydroxyl groups is 1. The van der Waals surface area contributed by atoms with Gasteiger partial charge in [-0.1, -0.05) is 26.7 Å². The predicted octanol–water partition coefficient (Wildman–Crippen LogP) is 1.68. The van der Waals surface area contributed by atoms with E-state index in [1.807, 2.05) is 26.0 Å². The molecule has 1 heterocycles. The first-order valence-electron chi connectivity index (χ1n) is 6.76. The van der Waals surface area contributed by atoms with Gasteiger partial charge in [0.2, 0.25) is 0 Å². The van der Waals surface area contributed by atoms with E-state index >= 15 is 0 Å². The van der Waals surface area contributed by atoms with E-state index in [2.05, 4.69) is 15.6 Å². The van der Waals surface area contributed by atoms with Crippen LogP contribution in [0.25, 0.3) is 0 Å². The van der Waals surface area contributed by atoms with Gasteiger partial charge in [0, 0.05) is 25.5 Å². The van der Waals surface area contributed by atoms with Gasteiger partial charge in [-0.3, -0.25) is 4.98 Å². The van der Waals surface area contributed by atoms with Gasteiger partial charge in [0.25, 0.3) is 0 Å². The molecule has 106 valence electrons. The molecule has 1 atom stereocenters. The van der Waals surface area contributed by atoms with Crippen molar-refractivity contribution in [1.82, 2.24) is 15.6 Å². The molecule has 5 nitrogen and oxygen atoms in total. The van der Waals surface area contributed by atoms with Crippen LogP contribution in [0.15, 0.2) is 24.5 Å². The third-order valence-corrected chi connectivity index (χ3v) is 3.27. The summed E-state index contributed by atoms with van der Waals surface area (Å²) in [6, 6.07) is 3.43. The van der Waals surface area contributed by atoms with E-state index in [-0.39, 0.29) is 18.5 Å². The van der Waals surface area contributed by atoms with Crippen LogP contribution < -0.4 is 10.6 Å². The Morgan fingerprint density at radius 1 is 1.26 bits per heavy atom. The second kappa shape index (κ2) is 8.48. The number of pyridine rings is 1. The van der Waals surface area contributed by atoms with Crippen molar-refractivity contribution in [3.63, 3.8) is 0 Å². The molecule has 0 aliphatic heterocycles. The second-order valence-electron chi connectivity index (χ2n) is 4.56. The van der Waals surface area contributed by atoms with Crippen LogP contribution in [-0.2, 0) is 6.54 Å². The predicted molar refractivity (Wildman–Crippen MR) is 74.6 cm³/mol. The number of urea groups is 1. The SMILES string of the molecule is CCC(CC)C(O)CNC(=O)NCc1ccncc1. The van der Waals surface area contributed by atoms with Gasteiger partial charge in [-0.05, 0) is 23.6 Å². The zero-order valence-electron chi connectivity index (χ0n) is 11.6. The van der Waals surface area contributed by atoms with E-state index in [0.717, 1.165) is 18.4 Å². The molecule has 0 aliphatic rings. The number of amides is 2. The normalized spacial score (nSPS) is 12.2. The molecule has 0 saturated carbocycles. The minimum absolute atomic E-state index is 0.237. The molecular weight excluding hydrogens is 242 g/mol. The number of nitrogens with one attached hydrogen (secondary N) is 2. The average molecular weight is 265 g/mol. The standard InChI is InChI=1S/C14H23N3O2/c1-3-12(4-2)13(18)10-17-14(19)16-9-11-5-7-15-8-6-11/h5-8,12-13,18H,3-4,9-10H2,1-2H3,(H2,16,17,19). The largest absolute Gasteiger partial charge is 0.391 e. The first kappa shape index (κ1) is 15.4. The summed E-state index contributed by atoms with van der Waals surface area (Å²) in [6.45, 7) is 4.83. The molecule has 0 fully saturated rings. The van der Waals surface area contributed by atoms with E-state index in [1.165, 1.54) is 0 Å². The Hall–Kier alpha value is -1.62. The van der Waals surface area contributed by atoms with Crippen LogP contribution >= 0.6 is 0 Å². The first-order valence-corrected chi connectivity index (χ1v) is 6.76. The molecule has 0 aromatic carbocycles. The molecule has 1 unspecified atom stereocenters. The first-order chi connectivity index (χ1) is 9.17. The maximum absolute atomic E-state index is 11.6. The second-order valence-corrected chi connectivity index (χ2v) is 4.56. The van der Waals surface area contributed by atoms with Crippen LogP contribution in [0, 0.1) is 5.92 Å². The number of carbonyl (C=O) groups is 1. The van der Waals surface area contributed by atoms with E-state index in [0.29, 0.717) is 6.54 Å². The number of nitrogens with zero attached hydrogens (tertiary/aromatic N) is 1. The van der Waals surface area contributed by atoms with E-state index < -0.39 is 6.10 Å². The van der Waals surface area contributed by atoms with E-state index in [1.54, 1.807) is 12.4 Å². The molecule has 3 N–H and O–H groups in total. The van der Waals surface area contributed by atoms with E-state index in [9.17, 15) is 9.90 Å². The van der Waals surface area contributed by atoms with Crippen molar-refractivity contribution in [3.05, 3.63) is 30.1 Å². The van der Waals surface area contributed by atoms with Crippen molar-refractivity contribution in [1.29, 1.82) is 0 Å². The Labute approximate surface area is 114 Å². The smallest absolute Gasteiger partial charge is 0.315 e. The quantitative estimate of drug-likeness (QED) is 0.702. The summed E-state index contributed by atoms with van der Waals surface area (Å²) in [7, 11) is 0. The highest BCUT2D eigenvalue weighted by Crippen LogP contribution is 2.12. The summed E-state index contributed by atoms with van der Waals surface area (Å²) in [5.74, 6) is 0.237. The van der Waals surface area contributed by atoms with Crippen LogP contribution in [0.5, 0.6) is 0 Å². The Morgan fingerprint density at radius 3 is 2.47 bits per heavy atom. The zero-order chi connectivity index (χ0) is 14.1. The molecule has 0 spiro atoms. The highest BCUT2D eigenvalue weighted by atomic mass is 16.3. The van der Waals surface area contributed by atoms with Gasteiger partial charge in [0.1, 0.15) is 0 Å². The summed E-state index contributed by atoms with van der Waals surface area (Å²) in [4.78, 5) is 15.5. The molecule has 0 bridgehead atoms. The number of hydrogen-bond acceptors (Lipinski definition) is 3. The maximum atomic E-state index is 11.6. The van der Waals surface area contributed by atoms with Crippen molar-refractivity contribution >= 4 is 6.03 Å². The lowest BCUT2D eigenvalue weighted by atomic mass is 9.97. The monoisotopic (exact) mass is 265 g/mol. The molecule has 2 amide bonds. The Morgan fingerprint density at radius 2 is 1.89 bits per heavy atom. The molecule has 0 radical (unpaired) electrons. The number of carbonyl (C=O) groups excluding carboxylic acids is 1. The molecule has 0 aliphatic carbocycles. The lowest BCUT2D eigenvalue weighted by molar-refractivity contribution is 0.103. The van der Waals surface area contributed by atoms with Crippen molar-refractivity contribution in [2.24, 2.45) is 5.92 Å². The number of rotatable bonds is 7. The summed E-state index contributed by atoms with van der Waals surface area (Å²) < 4.78 is 0. The number of aromatic nitrogens is 1. The van der Waals surface area contributed by atoms with Gasteiger partial charge in [-0.25, -0.2) is 4.79 Å². The van der Waals surface area contributed by atoms with Gasteiger partial charge >= 0.3 is 6.03 Å². The maximum Gasteiger partial charge on any atom is 0.315 e. The van der Waals surface area contributed by atoms with Crippen LogP contribution in [-0.4, -0.2) is 28.8 Å². The summed E-state index contributed by atoms with van der Waals surface area (Å²) >= 11 is 0. The molecular formula is C14H23N3O2. The lowest BCUT2D eigenvalue weighted by Crippen LogP contribution is -2.41. The lowest BCUT2D eigenvalue weighted by Gasteiger charge is -2.20. The fraction of sp³-hybridized carbons (Fsp3) is 0.571. The fourth-order valence-corrected chi connectivity index (χ4v) is 1.94. The highest BCUT2D eigenvalue weighted by molar-refractivity contribution is 5.73. The minimum Gasteiger partial charge on any atom is -0.391 e. The Bertz CT molecular complexity index is 366. The van der Waals surface area contributed by atoms with Gasteiger partial charge < -0.3 is 15.7 Å².